The first-order chi connectivity index (χ1) is 17.6. The van der Waals surface area contributed by atoms with Gasteiger partial charge < -0.3 is 10.2 Å². The Morgan fingerprint density at radius 1 is 0.615 bits per heavy atom. The molecule has 2 aromatic rings. The summed E-state index contributed by atoms with van der Waals surface area (Å²) in [5.74, 6) is -1.49. The number of carbonyl (C=O) groups is 2. The Balaban J connectivity index is 0.00000760. The molecule has 0 amide bonds. The topological polar surface area (TPSA) is 105 Å². The van der Waals surface area contributed by atoms with Crippen LogP contribution in [0.25, 0.3) is 0 Å². The van der Waals surface area contributed by atoms with Gasteiger partial charge in [0.1, 0.15) is 12.1 Å². The molecule has 2 aromatic carbocycles. The number of Topliss-reactive ketones (excluding diaryl/α,β-unsaturated/α-hetero) is 2. The quantitative estimate of drug-likeness (QED) is 0.242. The minimum absolute atomic E-state index is 0. The van der Waals surface area contributed by atoms with Gasteiger partial charge in [-0.25, -0.2) is 0 Å². The fourth-order valence-electron chi connectivity index (χ4n) is 5.11. The standard InChI is InChI=1S/C32H40N2O4.Co/c1-17-11-19(3)29(20(4)12-17)31(33-15-27(23(7)35)24(8)36)32(34-16-28(25(9)37)26(10)38)30-21(5)13-18(2)14-22(30)6;/h11-16,31-32,35,37H,1-10H3;/q;+2/p-2/b27-23+,28-25+,33-15?,34-16?;/t31-,32-;/m1./s1. The van der Waals surface area contributed by atoms with Crippen molar-refractivity contribution in [3.8, 4) is 0 Å². The number of aliphatic imine (C=N–C) groups is 2. The molecule has 7 heteroatoms. The van der Waals surface area contributed by atoms with Crippen LogP contribution in [0.4, 0.5) is 0 Å². The molecule has 0 spiro atoms. The molecule has 0 heterocycles. The Kier molecular flexibility index (Phi) is 12.3. The van der Waals surface area contributed by atoms with Crippen LogP contribution in [0.1, 0.15) is 84.3 Å². The van der Waals surface area contributed by atoms with Crippen LogP contribution < -0.4 is 10.2 Å². The number of ketones is 2. The second-order valence-corrected chi connectivity index (χ2v) is 10.1. The summed E-state index contributed by atoms with van der Waals surface area (Å²) in [5, 5.41) is 24.4. The molecule has 0 saturated heterocycles. The Morgan fingerprint density at radius 3 is 1.08 bits per heavy atom. The van der Waals surface area contributed by atoms with E-state index in [0.717, 1.165) is 44.5 Å². The van der Waals surface area contributed by atoms with E-state index in [4.69, 9.17) is 9.98 Å². The van der Waals surface area contributed by atoms with Crippen LogP contribution in [0, 0.1) is 41.5 Å². The van der Waals surface area contributed by atoms with Crippen LogP contribution in [0.5, 0.6) is 0 Å². The number of carbonyl (C=O) groups excluding carboxylic acids is 2. The third-order valence-electron chi connectivity index (χ3n) is 6.61. The summed E-state index contributed by atoms with van der Waals surface area (Å²) in [4.78, 5) is 34.1. The zero-order chi connectivity index (χ0) is 28.9. The van der Waals surface area contributed by atoms with Gasteiger partial charge in [-0.05, 0) is 88.8 Å². The minimum Gasteiger partial charge on any atom is -0.875 e. The summed E-state index contributed by atoms with van der Waals surface area (Å²) in [6.07, 6.45) is 2.69. The molecule has 0 bridgehead atoms. The molecule has 0 aromatic heterocycles. The van der Waals surface area contributed by atoms with E-state index in [1.54, 1.807) is 0 Å². The van der Waals surface area contributed by atoms with Crippen molar-refractivity contribution in [2.45, 2.75) is 81.3 Å². The Bertz CT molecular complexity index is 1220. The van der Waals surface area contributed by atoms with E-state index < -0.39 is 12.1 Å². The molecule has 1 radical (unpaired) electrons. The maximum Gasteiger partial charge on any atom is 2.00 e. The second-order valence-electron chi connectivity index (χ2n) is 10.1. The smallest absolute Gasteiger partial charge is 0.875 e. The molecular formula is C32H38CoN2O4. The largest absolute Gasteiger partial charge is 2.00 e. The fourth-order valence-corrected chi connectivity index (χ4v) is 5.11. The molecule has 0 aliphatic heterocycles. The summed E-state index contributed by atoms with van der Waals surface area (Å²) in [6.45, 7) is 17.4. The van der Waals surface area contributed by atoms with E-state index in [-0.39, 0.29) is 51.0 Å². The number of allylic oxidation sites excluding steroid dienone is 4. The van der Waals surface area contributed by atoms with Gasteiger partial charge in [-0.15, -0.1) is 11.5 Å². The van der Waals surface area contributed by atoms with Gasteiger partial charge >= 0.3 is 16.8 Å². The van der Waals surface area contributed by atoms with Crippen molar-refractivity contribution in [2.75, 3.05) is 0 Å². The molecule has 0 N–H and O–H groups in total. The van der Waals surface area contributed by atoms with E-state index in [1.165, 1.54) is 40.1 Å². The number of hydrogen-bond acceptors (Lipinski definition) is 6. The molecule has 209 valence electrons. The van der Waals surface area contributed by atoms with E-state index in [9.17, 15) is 19.8 Å². The monoisotopic (exact) mass is 573 g/mol. The second kappa shape index (κ2) is 14.2. The number of nitrogens with zero attached hydrogens (tertiary/aromatic N) is 2. The number of hydrogen-bond donors (Lipinski definition) is 0. The Labute approximate surface area is 242 Å². The average Bonchev–Trinajstić information content (AvgIpc) is 2.74. The van der Waals surface area contributed by atoms with Crippen molar-refractivity contribution in [3.05, 3.63) is 91.4 Å². The number of aryl methyl sites for hydroxylation is 6. The van der Waals surface area contributed by atoms with Gasteiger partial charge in [0.25, 0.3) is 0 Å². The van der Waals surface area contributed by atoms with Crippen LogP contribution in [0.2, 0.25) is 0 Å². The van der Waals surface area contributed by atoms with Crippen molar-refractivity contribution >= 4 is 24.0 Å². The van der Waals surface area contributed by atoms with Crippen molar-refractivity contribution in [1.29, 1.82) is 0 Å². The summed E-state index contributed by atoms with van der Waals surface area (Å²) < 4.78 is 0. The van der Waals surface area contributed by atoms with Crippen LogP contribution in [0.15, 0.2) is 56.9 Å². The van der Waals surface area contributed by atoms with Gasteiger partial charge in [-0.3, -0.25) is 19.6 Å². The molecule has 0 saturated carbocycles. The van der Waals surface area contributed by atoms with Crippen LogP contribution in [-0.4, -0.2) is 24.0 Å². The zero-order valence-corrected chi connectivity index (χ0v) is 25.5. The zero-order valence-electron chi connectivity index (χ0n) is 24.5. The maximum atomic E-state index is 12.2. The molecule has 6 nitrogen and oxygen atoms in total. The van der Waals surface area contributed by atoms with E-state index in [0.29, 0.717) is 0 Å². The third kappa shape index (κ3) is 8.34. The molecule has 0 unspecified atom stereocenters. The molecule has 0 aliphatic carbocycles. The SMILES string of the molecule is CC(=O)/C(C=N[C@H](c1c(C)cc(C)cc1C)[C@H](N=C/C(C(C)=O)=C(/C)[O-])c1c(C)cc(C)cc1C)=C(\C)[O-].[Co+2]. The molecular weight excluding hydrogens is 535 g/mol. The van der Waals surface area contributed by atoms with Crippen molar-refractivity contribution in [2.24, 2.45) is 9.98 Å². The molecule has 0 fully saturated rings. The van der Waals surface area contributed by atoms with Gasteiger partial charge in [0.15, 0.2) is 11.6 Å². The summed E-state index contributed by atoms with van der Waals surface area (Å²) in [6, 6.07) is 6.96. The Hall–Kier alpha value is -3.29. The normalized spacial score (nSPS) is 14.5. The van der Waals surface area contributed by atoms with Gasteiger partial charge in [-0.2, -0.15) is 0 Å². The fraction of sp³-hybridized carbons (Fsp3) is 0.375. The summed E-state index contributed by atoms with van der Waals surface area (Å²) in [5.41, 5.74) is 7.95. The first-order valence-electron chi connectivity index (χ1n) is 12.6. The summed E-state index contributed by atoms with van der Waals surface area (Å²) in [7, 11) is 0. The molecule has 2 atom stereocenters. The van der Waals surface area contributed by atoms with Crippen LogP contribution >= 0.6 is 0 Å². The van der Waals surface area contributed by atoms with Crippen LogP contribution in [-0.2, 0) is 26.4 Å². The van der Waals surface area contributed by atoms with E-state index in [2.05, 4.69) is 24.3 Å². The average molecular weight is 574 g/mol. The molecule has 39 heavy (non-hydrogen) atoms. The van der Waals surface area contributed by atoms with Gasteiger partial charge in [-0.1, -0.05) is 49.2 Å². The minimum atomic E-state index is -0.638. The first-order valence-corrected chi connectivity index (χ1v) is 12.6. The van der Waals surface area contributed by atoms with Gasteiger partial charge in [0.2, 0.25) is 0 Å². The summed E-state index contributed by atoms with van der Waals surface area (Å²) >= 11 is 0. The number of rotatable bonds is 9. The first kappa shape index (κ1) is 33.7. The number of benzene rings is 2. The van der Waals surface area contributed by atoms with E-state index in [1.807, 2.05) is 41.5 Å². The van der Waals surface area contributed by atoms with Crippen LogP contribution in [0.3, 0.4) is 0 Å². The van der Waals surface area contributed by atoms with Crippen molar-refractivity contribution in [3.63, 3.8) is 0 Å². The molecule has 2 rings (SSSR count). The van der Waals surface area contributed by atoms with Gasteiger partial charge in [0, 0.05) is 23.6 Å². The van der Waals surface area contributed by atoms with E-state index >= 15 is 0 Å². The predicted octanol–water partition coefficient (Wildman–Crippen LogP) is 4.91. The van der Waals surface area contributed by atoms with Gasteiger partial charge in [0.05, 0.1) is 0 Å². The van der Waals surface area contributed by atoms with Crippen molar-refractivity contribution < 1.29 is 36.6 Å². The maximum absolute atomic E-state index is 12.2. The molecule has 0 aliphatic rings. The Morgan fingerprint density at radius 2 is 0.872 bits per heavy atom. The third-order valence-corrected chi connectivity index (χ3v) is 6.61. The van der Waals surface area contributed by atoms with Crippen molar-refractivity contribution in [1.82, 2.24) is 0 Å². The predicted molar refractivity (Wildman–Crippen MR) is 151 cm³/mol.